The van der Waals surface area contributed by atoms with Gasteiger partial charge in [-0.3, -0.25) is 0 Å². The van der Waals surface area contributed by atoms with Gasteiger partial charge in [0.1, 0.15) is 6.10 Å². The first-order valence-corrected chi connectivity index (χ1v) is 14.7. The Kier molecular flexibility index (Phi) is 6.79. The molecule has 4 unspecified atom stereocenters. The largest absolute Gasteiger partial charge is 0.508 e. The van der Waals surface area contributed by atoms with Crippen LogP contribution in [0.4, 0.5) is 4.79 Å². The Balaban J connectivity index is 1.22. The summed E-state index contributed by atoms with van der Waals surface area (Å²) in [7, 11) is 0. The first-order valence-electron chi connectivity index (χ1n) is 14.7. The molecule has 194 valence electrons. The van der Waals surface area contributed by atoms with Crippen molar-refractivity contribution in [1.29, 1.82) is 0 Å². The van der Waals surface area contributed by atoms with Crippen molar-refractivity contribution in [3.63, 3.8) is 0 Å². The third kappa shape index (κ3) is 4.33. The van der Waals surface area contributed by atoms with Gasteiger partial charge in [0.25, 0.3) is 0 Å². The van der Waals surface area contributed by atoms with Gasteiger partial charge in [-0.05, 0) is 116 Å². The molecule has 4 heteroatoms. The molecular weight excluding hydrogens is 424 g/mol. The standard InChI is InChI=1S/C30H50O4/c1-18(2)7-6-8-19(3)23-11-12-24-22-10-9-21-17-20(26-27(33-26)34-28(31)32)13-15-29(21,4)25(22)14-16-30(23,24)5/h18-27H,6-17H2,1-5H3,(H,31,32)/t19?,20-,21?,22-,23+,24-,25-,26?,27?,29-,30+/m0/s1. The maximum absolute atomic E-state index is 10.9. The molecule has 11 atom stereocenters. The van der Waals surface area contributed by atoms with Crippen LogP contribution in [-0.4, -0.2) is 23.7 Å². The van der Waals surface area contributed by atoms with E-state index in [-0.39, 0.29) is 6.10 Å². The van der Waals surface area contributed by atoms with Crippen LogP contribution in [0.25, 0.3) is 0 Å². The van der Waals surface area contributed by atoms with Gasteiger partial charge in [0.05, 0.1) is 0 Å². The van der Waals surface area contributed by atoms with Crippen molar-refractivity contribution >= 4 is 6.16 Å². The molecule has 0 bridgehead atoms. The molecule has 1 aliphatic heterocycles. The van der Waals surface area contributed by atoms with Crippen molar-refractivity contribution in [2.45, 2.75) is 124 Å². The van der Waals surface area contributed by atoms with Gasteiger partial charge in [-0.1, -0.05) is 53.9 Å². The summed E-state index contributed by atoms with van der Waals surface area (Å²) >= 11 is 0. The van der Waals surface area contributed by atoms with Crippen molar-refractivity contribution in [3.05, 3.63) is 0 Å². The fourth-order valence-corrected chi connectivity index (χ4v) is 10.3. The molecule has 5 aliphatic rings. The van der Waals surface area contributed by atoms with E-state index < -0.39 is 12.4 Å². The van der Waals surface area contributed by atoms with E-state index in [0.29, 0.717) is 16.7 Å². The zero-order chi connectivity index (χ0) is 24.3. The Morgan fingerprint density at radius 3 is 2.44 bits per heavy atom. The highest BCUT2D eigenvalue weighted by Gasteiger charge is 2.62. The lowest BCUT2D eigenvalue weighted by atomic mass is 9.44. The van der Waals surface area contributed by atoms with Crippen molar-refractivity contribution in [3.8, 4) is 0 Å². The highest BCUT2D eigenvalue weighted by molar-refractivity contribution is 5.57. The van der Waals surface area contributed by atoms with E-state index >= 15 is 0 Å². The number of ether oxygens (including phenoxy) is 2. The number of fused-ring (bicyclic) bond motifs is 5. The average molecular weight is 475 g/mol. The maximum Gasteiger partial charge on any atom is 0.508 e. The summed E-state index contributed by atoms with van der Waals surface area (Å²) in [6.07, 6.45) is 14.8. The zero-order valence-corrected chi connectivity index (χ0v) is 22.4. The van der Waals surface area contributed by atoms with E-state index in [4.69, 9.17) is 14.6 Å². The molecule has 0 spiro atoms. The highest BCUT2D eigenvalue weighted by atomic mass is 16.8. The lowest BCUT2D eigenvalue weighted by Gasteiger charge is -2.61. The Bertz CT molecular complexity index is 750. The summed E-state index contributed by atoms with van der Waals surface area (Å²) in [5, 5.41) is 8.91. The van der Waals surface area contributed by atoms with Crippen LogP contribution in [-0.2, 0) is 9.47 Å². The van der Waals surface area contributed by atoms with Crippen LogP contribution in [0.5, 0.6) is 0 Å². The van der Waals surface area contributed by atoms with Crippen LogP contribution in [0.1, 0.15) is 112 Å². The van der Waals surface area contributed by atoms with Crippen LogP contribution in [0.15, 0.2) is 0 Å². The van der Waals surface area contributed by atoms with Gasteiger partial charge in [0.2, 0.25) is 6.29 Å². The molecule has 0 amide bonds. The Morgan fingerprint density at radius 1 is 0.971 bits per heavy atom. The SMILES string of the molecule is CC(C)CCCC(C)[C@H]1CC[C@H]2[C@@H]3CCC4C[C@@H](C5OC5OC(=O)O)CC[C@]4(C)[C@H]3CC[C@]12C. The van der Waals surface area contributed by atoms with Crippen LogP contribution in [0.2, 0.25) is 0 Å². The molecule has 4 aliphatic carbocycles. The number of epoxide rings is 1. The molecule has 5 rings (SSSR count). The fourth-order valence-electron chi connectivity index (χ4n) is 10.3. The number of hydrogen-bond acceptors (Lipinski definition) is 3. The van der Waals surface area contributed by atoms with Crippen LogP contribution >= 0.6 is 0 Å². The molecule has 34 heavy (non-hydrogen) atoms. The molecule has 4 nitrogen and oxygen atoms in total. The molecule has 0 radical (unpaired) electrons. The summed E-state index contributed by atoms with van der Waals surface area (Å²) in [5.74, 6) is 6.68. The number of hydrogen-bond donors (Lipinski definition) is 1. The minimum absolute atomic E-state index is 0.0146. The van der Waals surface area contributed by atoms with Crippen molar-refractivity contribution < 1.29 is 19.4 Å². The van der Waals surface area contributed by atoms with Gasteiger partial charge < -0.3 is 14.6 Å². The molecule has 0 aromatic carbocycles. The summed E-state index contributed by atoms with van der Waals surface area (Å²) in [5.41, 5.74) is 1.04. The second kappa shape index (κ2) is 9.27. The predicted molar refractivity (Wildman–Crippen MR) is 134 cm³/mol. The van der Waals surface area contributed by atoms with Crippen LogP contribution in [0, 0.1) is 58.2 Å². The first kappa shape index (κ1) is 24.9. The minimum Gasteiger partial charge on any atom is -0.450 e. The van der Waals surface area contributed by atoms with Crippen molar-refractivity contribution in [2.24, 2.45) is 58.2 Å². The van der Waals surface area contributed by atoms with Gasteiger partial charge in [0.15, 0.2) is 0 Å². The smallest absolute Gasteiger partial charge is 0.450 e. The predicted octanol–water partition coefficient (Wildman–Crippen LogP) is 8.14. The first-order chi connectivity index (χ1) is 16.1. The lowest BCUT2D eigenvalue weighted by molar-refractivity contribution is -0.122. The monoisotopic (exact) mass is 474 g/mol. The van der Waals surface area contributed by atoms with Gasteiger partial charge >= 0.3 is 6.16 Å². The van der Waals surface area contributed by atoms with E-state index in [1.807, 2.05) is 0 Å². The second-order valence-electron chi connectivity index (χ2n) is 14.1. The van der Waals surface area contributed by atoms with Gasteiger partial charge in [-0.2, -0.15) is 0 Å². The van der Waals surface area contributed by atoms with E-state index in [2.05, 4.69) is 34.6 Å². The van der Waals surface area contributed by atoms with Gasteiger partial charge in [0, 0.05) is 0 Å². The van der Waals surface area contributed by atoms with E-state index in [0.717, 1.165) is 41.4 Å². The maximum atomic E-state index is 10.9. The Hall–Kier alpha value is -0.770. The summed E-state index contributed by atoms with van der Waals surface area (Å²) in [6.45, 7) is 12.6. The van der Waals surface area contributed by atoms with Crippen LogP contribution < -0.4 is 0 Å². The lowest BCUT2D eigenvalue weighted by Crippen LogP contribution is -2.54. The highest BCUT2D eigenvalue weighted by Crippen LogP contribution is 2.69. The molecule has 1 heterocycles. The number of carboxylic acid groups (broad SMARTS) is 1. The van der Waals surface area contributed by atoms with E-state index in [9.17, 15) is 4.79 Å². The Labute approximate surface area is 207 Å². The average Bonchev–Trinajstić information content (AvgIpc) is 3.42. The quantitative estimate of drug-likeness (QED) is 0.299. The van der Waals surface area contributed by atoms with E-state index in [1.54, 1.807) is 0 Å². The summed E-state index contributed by atoms with van der Waals surface area (Å²) < 4.78 is 10.5. The fraction of sp³-hybridized carbons (Fsp3) is 0.967. The molecule has 0 aromatic rings. The molecule has 1 N–H and O–H groups in total. The number of rotatable bonds is 7. The third-order valence-electron chi connectivity index (χ3n) is 12.1. The summed E-state index contributed by atoms with van der Waals surface area (Å²) in [6, 6.07) is 0. The summed E-state index contributed by atoms with van der Waals surface area (Å²) in [4.78, 5) is 10.9. The van der Waals surface area contributed by atoms with Gasteiger partial charge in [-0.25, -0.2) is 4.79 Å². The topological polar surface area (TPSA) is 59.1 Å². The number of carbonyl (C=O) groups is 1. The second-order valence-corrected chi connectivity index (χ2v) is 14.1. The van der Waals surface area contributed by atoms with E-state index in [1.165, 1.54) is 77.0 Å². The molecule has 5 fully saturated rings. The van der Waals surface area contributed by atoms with Gasteiger partial charge in [-0.15, -0.1) is 0 Å². The third-order valence-corrected chi connectivity index (χ3v) is 12.1. The molecule has 0 aromatic heterocycles. The molecule has 1 saturated heterocycles. The normalized spacial score (nSPS) is 48.5. The zero-order valence-electron chi connectivity index (χ0n) is 22.4. The van der Waals surface area contributed by atoms with Crippen molar-refractivity contribution in [1.82, 2.24) is 0 Å². The molecule has 4 saturated carbocycles. The minimum atomic E-state index is -1.21. The molecular formula is C30H50O4. The van der Waals surface area contributed by atoms with Crippen molar-refractivity contribution in [2.75, 3.05) is 0 Å². The van der Waals surface area contributed by atoms with Crippen LogP contribution in [0.3, 0.4) is 0 Å². The Morgan fingerprint density at radius 2 is 1.71 bits per heavy atom.